The minimum atomic E-state index is -0.954. The topological polar surface area (TPSA) is 101 Å². The first-order valence-electron chi connectivity index (χ1n) is 11.0. The van der Waals surface area contributed by atoms with Crippen molar-refractivity contribution in [1.82, 2.24) is 4.68 Å². The minimum Gasteiger partial charge on any atom is -0.494 e. The van der Waals surface area contributed by atoms with Crippen molar-refractivity contribution in [3.8, 4) is 5.75 Å². The summed E-state index contributed by atoms with van der Waals surface area (Å²) >= 11 is 9.56. The summed E-state index contributed by atoms with van der Waals surface area (Å²) in [5.41, 5.74) is 5.09. The Morgan fingerprint density at radius 3 is 2.33 bits per heavy atom. The summed E-state index contributed by atoms with van der Waals surface area (Å²) in [7, 11) is 0. The number of benzene rings is 3. The van der Waals surface area contributed by atoms with Gasteiger partial charge in [0.2, 0.25) is 0 Å². The summed E-state index contributed by atoms with van der Waals surface area (Å²) in [5, 5.41) is 6.44. The van der Waals surface area contributed by atoms with Gasteiger partial charge in [-0.1, -0.05) is 27.5 Å². The number of aromatic nitrogens is 1. The summed E-state index contributed by atoms with van der Waals surface area (Å²) in [6.45, 7) is 4.29. The molecule has 0 atom stereocenters. The summed E-state index contributed by atoms with van der Waals surface area (Å²) in [6, 6.07) is 18.6. The van der Waals surface area contributed by atoms with Crippen LogP contribution >= 0.6 is 27.5 Å². The number of fused-ring (bicyclic) bond motifs is 1. The number of halogens is 2. The molecule has 0 unspecified atom stereocenters. The van der Waals surface area contributed by atoms with Crippen LogP contribution in [0.3, 0.4) is 0 Å². The second-order valence-electron chi connectivity index (χ2n) is 7.84. The molecule has 1 aromatic heterocycles. The van der Waals surface area contributed by atoms with E-state index in [2.05, 4.69) is 32.0 Å². The van der Waals surface area contributed by atoms with Gasteiger partial charge < -0.3 is 15.4 Å². The number of carbonyl (C=O) groups excluding carboxylic acids is 3. The van der Waals surface area contributed by atoms with Crippen molar-refractivity contribution < 1.29 is 19.1 Å². The van der Waals surface area contributed by atoms with Crippen LogP contribution < -0.4 is 20.8 Å². The van der Waals surface area contributed by atoms with Crippen molar-refractivity contribution in [2.45, 2.75) is 13.8 Å². The van der Waals surface area contributed by atoms with Crippen LogP contribution in [0.1, 0.15) is 23.0 Å². The van der Waals surface area contributed by atoms with Crippen LogP contribution in [0.2, 0.25) is 5.02 Å². The van der Waals surface area contributed by atoms with E-state index >= 15 is 0 Å². The molecule has 0 aliphatic heterocycles. The fourth-order valence-corrected chi connectivity index (χ4v) is 3.96. The highest BCUT2D eigenvalue weighted by Gasteiger charge is 2.21. The van der Waals surface area contributed by atoms with E-state index in [0.29, 0.717) is 39.7 Å². The highest BCUT2D eigenvalue weighted by molar-refractivity contribution is 9.10. The number of aryl methyl sites for hydroxylation is 1. The molecule has 4 aromatic rings. The first-order valence-corrected chi connectivity index (χ1v) is 12.2. The molecule has 4 rings (SSSR count). The second kappa shape index (κ2) is 10.8. The van der Waals surface area contributed by atoms with Crippen LogP contribution in [0.25, 0.3) is 10.9 Å². The lowest BCUT2D eigenvalue weighted by atomic mass is 10.2. The average molecular weight is 570 g/mol. The molecule has 184 valence electrons. The van der Waals surface area contributed by atoms with Gasteiger partial charge in [0.15, 0.2) is 0 Å². The third-order valence-electron chi connectivity index (χ3n) is 5.25. The predicted octanol–water partition coefficient (Wildman–Crippen LogP) is 5.73. The molecule has 3 amide bonds. The van der Waals surface area contributed by atoms with Gasteiger partial charge in [0, 0.05) is 26.3 Å². The van der Waals surface area contributed by atoms with Crippen molar-refractivity contribution in [2.24, 2.45) is 0 Å². The second-order valence-corrected chi connectivity index (χ2v) is 9.13. The van der Waals surface area contributed by atoms with E-state index in [9.17, 15) is 14.4 Å². The van der Waals surface area contributed by atoms with Gasteiger partial charge in [0.1, 0.15) is 11.4 Å². The summed E-state index contributed by atoms with van der Waals surface area (Å²) < 4.78 is 7.56. The summed E-state index contributed by atoms with van der Waals surface area (Å²) in [6.07, 6.45) is 0. The fraction of sp³-hybridized carbons (Fsp3) is 0.115. The van der Waals surface area contributed by atoms with E-state index in [0.717, 1.165) is 10.0 Å². The Balaban J connectivity index is 1.58. The zero-order valence-corrected chi connectivity index (χ0v) is 21.7. The zero-order chi connectivity index (χ0) is 25.8. The van der Waals surface area contributed by atoms with Crippen LogP contribution in [0.4, 0.5) is 11.4 Å². The molecule has 0 aliphatic carbocycles. The minimum absolute atomic E-state index is 0.120. The molecular formula is C26H22BrClN4O4. The van der Waals surface area contributed by atoms with Crippen LogP contribution in [0, 0.1) is 6.92 Å². The molecule has 0 aliphatic rings. The SMILES string of the molecule is CCOc1ccc(NC(=O)C(=O)Nn2c(C(=O)Nc3ccc(Br)c(C)c3)cc3cc(Cl)ccc32)cc1. The number of carbonyl (C=O) groups is 3. The molecule has 8 nitrogen and oxygen atoms in total. The molecule has 0 bridgehead atoms. The highest BCUT2D eigenvalue weighted by atomic mass is 79.9. The van der Waals surface area contributed by atoms with E-state index < -0.39 is 17.7 Å². The Bertz CT molecular complexity index is 1470. The van der Waals surface area contributed by atoms with Crippen molar-refractivity contribution in [3.63, 3.8) is 0 Å². The maximum absolute atomic E-state index is 13.2. The van der Waals surface area contributed by atoms with Crippen molar-refractivity contribution >= 4 is 67.5 Å². The normalized spacial score (nSPS) is 10.7. The molecule has 3 N–H and O–H groups in total. The van der Waals surface area contributed by atoms with E-state index in [-0.39, 0.29) is 5.69 Å². The Hall–Kier alpha value is -3.82. The van der Waals surface area contributed by atoms with Crippen LogP contribution in [-0.4, -0.2) is 29.0 Å². The zero-order valence-electron chi connectivity index (χ0n) is 19.4. The summed E-state index contributed by atoms with van der Waals surface area (Å²) in [5.74, 6) is -1.68. The Morgan fingerprint density at radius 2 is 1.64 bits per heavy atom. The van der Waals surface area contributed by atoms with Crippen molar-refractivity contribution in [1.29, 1.82) is 0 Å². The first kappa shape index (κ1) is 25.3. The van der Waals surface area contributed by atoms with Gasteiger partial charge in [-0.05, 0) is 86.1 Å². The lowest BCUT2D eigenvalue weighted by Gasteiger charge is -2.13. The first-order chi connectivity index (χ1) is 17.2. The quantitative estimate of drug-likeness (QED) is 0.258. The van der Waals surface area contributed by atoms with E-state index in [1.807, 2.05) is 26.0 Å². The van der Waals surface area contributed by atoms with Crippen LogP contribution in [-0.2, 0) is 9.59 Å². The molecule has 36 heavy (non-hydrogen) atoms. The van der Waals surface area contributed by atoms with Crippen LogP contribution in [0.5, 0.6) is 5.75 Å². The highest BCUT2D eigenvalue weighted by Crippen LogP contribution is 2.25. The van der Waals surface area contributed by atoms with Crippen molar-refractivity contribution in [3.05, 3.63) is 87.5 Å². The Labute approximate surface area is 220 Å². The molecule has 0 saturated carbocycles. The largest absolute Gasteiger partial charge is 0.494 e. The number of nitrogens with zero attached hydrogens (tertiary/aromatic N) is 1. The number of hydrogen-bond acceptors (Lipinski definition) is 4. The van der Waals surface area contributed by atoms with Crippen molar-refractivity contribution in [2.75, 3.05) is 22.7 Å². The maximum atomic E-state index is 13.2. The lowest BCUT2D eigenvalue weighted by Crippen LogP contribution is -2.36. The molecule has 0 fully saturated rings. The Kier molecular flexibility index (Phi) is 7.61. The van der Waals surface area contributed by atoms with E-state index in [1.165, 1.54) is 4.68 Å². The van der Waals surface area contributed by atoms with Gasteiger partial charge >= 0.3 is 11.8 Å². The van der Waals surface area contributed by atoms with Gasteiger partial charge in [-0.25, -0.2) is 4.68 Å². The van der Waals surface area contributed by atoms with Gasteiger partial charge in [0.05, 0.1) is 12.1 Å². The smallest absolute Gasteiger partial charge is 0.328 e. The molecule has 0 radical (unpaired) electrons. The van der Waals surface area contributed by atoms with Gasteiger partial charge in [-0.15, -0.1) is 0 Å². The average Bonchev–Trinajstić information content (AvgIpc) is 3.20. The standard InChI is InChI=1S/C26H22BrClN4O4/c1-3-36-20-8-5-18(6-9-20)29-25(34)26(35)31-32-22-11-4-17(28)13-16(22)14-23(32)24(33)30-19-7-10-21(27)15(2)12-19/h4-14H,3H2,1-2H3,(H,29,34)(H,30,33)(H,31,35). The Morgan fingerprint density at radius 1 is 0.917 bits per heavy atom. The number of hydrogen-bond donors (Lipinski definition) is 3. The van der Waals surface area contributed by atoms with E-state index in [4.69, 9.17) is 16.3 Å². The molecule has 3 aromatic carbocycles. The number of rotatable bonds is 6. The molecule has 0 saturated heterocycles. The number of ether oxygens (including phenoxy) is 1. The molecule has 1 heterocycles. The molecule has 10 heteroatoms. The molecule has 0 spiro atoms. The van der Waals surface area contributed by atoms with Gasteiger partial charge in [-0.2, -0.15) is 0 Å². The van der Waals surface area contributed by atoms with E-state index in [1.54, 1.807) is 54.6 Å². The predicted molar refractivity (Wildman–Crippen MR) is 144 cm³/mol. The number of nitrogens with one attached hydrogen (secondary N) is 3. The monoisotopic (exact) mass is 568 g/mol. The summed E-state index contributed by atoms with van der Waals surface area (Å²) in [4.78, 5) is 38.5. The number of anilines is 2. The van der Waals surface area contributed by atoms with Gasteiger partial charge in [-0.3, -0.25) is 19.8 Å². The third-order valence-corrected chi connectivity index (χ3v) is 6.38. The fourth-order valence-electron chi connectivity index (χ4n) is 3.53. The molecular weight excluding hydrogens is 548 g/mol. The van der Waals surface area contributed by atoms with Gasteiger partial charge in [0.25, 0.3) is 5.91 Å². The maximum Gasteiger partial charge on any atom is 0.328 e. The lowest BCUT2D eigenvalue weighted by molar-refractivity contribution is -0.133. The third kappa shape index (κ3) is 5.69. The van der Waals surface area contributed by atoms with Crippen LogP contribution in [0.15, 0.2) is 71.2 Å². The number of amides is 3.